The number of amides is 1. The van der Waals surface area contributed by atoms with Crippen molar-refractivity contribution in [1.82, 2.24) is 15.2 Å². The summed E-state index contributed by atoms with van der Waals surface area (Å²) >= 11 is 0. The summed E-state index contributed by atoms with van der Waals surface area (Å²) in [6, 6.07) is 18.2. The first-order valence-corrected chi connectivity index (χ1v) is 9.32. The maximum Gasteiger partial charge on any atom is 0.304 e. The number of likely N-dealkylation sites (N-methyl/N-ethyl adjacent to an activating group) is 1. The molecular weight excluding hydrogens is 354 g/mol. The van der Waals surface area contributed by atoms with Crippen molar-refractivity contribution in [2.75, 3.05) is 26.7 Å². The van der Waals surface area contributed by atoms with Gasteiger partial charge in [-0.3, -0.25) is 14.5 Å². The van der Waals surface area contributed by atoms with E-state index >= 15 is 0 Å². The van der Waals surface area contributed by atoms with Gasteiger partial charge in [-0.2, -0.15) is 0 Å². The normalized spacial score (nSPS) is 12.2. The van der Waals surface area contributed by atoms with Crippen LogP contribution < -0.4 is 5.32 Å². The largest absolute Gasteiger partial charge is 0.481 e. The third kappa shape index (κ3) is 4.98. The van der Waals surface area contributed by atoms with Crippen LogP contribution in [0.5, 0.6) is 0 Å². The van der Waals surface area contributed by atoms with Crippen LogP contribution in [0.1, 0.15) is 23.5 Å². The van der Waals surface area contributed by atoms with E-state index in [1.807, 2.05) is 42.6 Å². The number of benzene rings is 2. The van der Waals surface area contributed by atoms with Crippen molar-refractivity contribution in [2.24, 2.45) is 0 Å². The minimum absolute atomic E-state index is 0.0191. The highest BCUT2D eigenvalue weighted by molar-refractivity contribution is 5.84. The Labute approximate surface area is 164 Å². The molecule has 6 heteroatoms. The maximum absolute atomic E-state index is 12.4. The van der Waals surface area contributed by atoms with E-state index in [0.717, 1.165) is 22.0 Å². The zero-order chi connectivity index (χ0) is 19.9. The average molecular weight is 379 g/mol. The van der Waals surface area contributed by atoms with Crippen molar-refractivity contribution < 1.29 is 14.7 Å². The van der Waals surface area contributed by atoms with Crippen LogP contribution in [-0.2, 0) is 9.59 Å². The predicted molar refractivity (Wildman–Crippen MR) is 109 cm³/mol. The van der Waals surface area contributed by atoms with Gasteiger partial charge in [-0.05, 0) is 24.2 Å². The molecule has 0 saturated carbocycles. The highest BCUT2D eigenvalue weighted by Gasteiger charge is 2.19. The lowest BCUT2D eigenvalue weighted by atomic mass is 9.91. The second-order valence-corrected chi connectivity index (χ2v) is 6.94. The van der Waals surface area contributed by atoms with Crippen LogP contribution in [0.3, 0.4) is 0 Å². The minimum atomic E-state index is -0.865. The number of hydrogen-bond acceptors (Lipinski definition) is 3. The van der Waals surface area contributed by atoms with Crippen molar-refractivity contribution in [1.29, 1.82) is 0 Å². The number of aromatic nitrogens is 1. The molecule has 1 atom stereocenters. The molecule has 6 nitrogen and oxygen atoms in total. The van der Waals surface area contributed by atoms with Gasteiger partial charge in [-0.25, -0.2) is 0 Å². The van der Waals surface area contributed by atoms with Crippen LogP contribution in [0, 0.1) is 0 Å². The molecule has 0 aliphatic heterocycles. The Balaban J connectivity index is 1.72. The van der Waals surface area contributed by atoms with E-state index in [-0.39, 0.29) is 24.8 Å². The molecule has 1 heterocycles. The SMILES string of the molecule is CN(CCC(=O)O)CC(=O)NCC(c1ccccc1)c1c[nH]c2ccccc12. The van der Waals surface area contributed by atoms with Gasteiger partial charge >= 0.3 is 5.97 Å². The van der Waals surface area contributed by atoms with Crippen molar-refractivity contribution in [3.05, 3.63) is 71.9 Å². The number of H-pyrrole nitrogens is 1. The molecule has 146 valence electrons. The molecule has 2 aromatic carbocycles. The highest BCUT2D eigenvalue weighted by atomic mass is 16.4. The van der Waals surface area contributed by atoms with E-state index in [4.69, 9.17) is 5.11 Å². The van der Waals surface area contributed by atoms with Gasteiger partial charge in [0, 0.05) is 36.1 Å². The topological polar surface area (TPSA) is 85.4 Å². The number of aliphatic carboxylic acids is 1. The summed E-state index contributed by atoms with van der Waals surface area (Å²) in [5.41, 5.74) is 3.34. The van der Waals surface area contributed by atoms with Crippen LogP contribution in [-0.4, -0.2) is 53.5 Å². The Morgan fingerprint density at radius 1 is 1.11 bits per heavy atom. The Kier molecular flexibility index (Phi) is 6.45. The number of hydrogen-bond donors (Lipinski definition) is 3. The van der Waals surface area contributed by atoms with E-state index in [1.54, 1.807) is 11.9 Å². The first-order chi connectivity index (χ1) is 13.5. The highest BCUT2D eigenvalue weighted by Crippen LogP contribution is 2.30. The van der Waals surface area contributed by atoms with Crippen molar-refractivity contribution in [3.8, 4) is 0 Å². The summed E-state index contributed by atoms with van der Waals surface area (Å²) in [6.07, 6.45) is 2.03. The molecule has 1 amide bonds. The van der Waals surface area contributed by atoms with E-state index in [0.29, 0.717) is 13.1 Å². The Bertz CT molecular complexity index is 936. The first-order valence-electron chi connectivity index (χ1n) is 9.32. The molecule has 1 aromatic heterocycles. The number of carbonyl (C=O) groups is 2. The van der Waals surface area contributed by atoms with Gasteiger partial charge in [0.15, 0.2) is 0 Å². The summed E-state index contributed by atoms with van der Waals surface area (Å²) in [5, 5.41) is 12.9. The number of nitrogens with zero attached hydrogens (tertiary/aromatic N) is 1. The molecular formula is C22H25N3O3. The molecule has 3 rings (SSSR count). The number of carboxylic acids is 1. The quantitative estimate of drug-likeness (QED) is 0.534. The molecule has 0 aliphatic carbocycles. The third-order valence-electron chi connectivity index (χ3n) is 4.82. The molecule has 0 radical (unpaired) electrons. The van der Waals surface area contributed by atoms with Gasteiger partial charge in [-0.15, -0.1) is 0 Å². The Morgan fingerprint density at radius 3 is 2.57 bits per heavy atom. The average Bonchev–Trinajstić information content (AvgIpc) is 3.11. The zero-order valence-electron chi connectivity index (χ0n) is 15.9. The molecule has 0 fully saturated rings. The standard InChI is InChI=1S/C22H25N3O3/c1-25(12-11-22(27)28)15-21(26)24-13-18(16-7-3-2-4-8-16)19-14-23-20-10-6-5-9-17(19)20/h2-10,14,18,23H,11-13,15H2,1H3,(H,24,26)(H,27,28). The smallest absolute Gasteiger partial charge is 0.304 e. The van der Waals surface area contributed by atoms with E-state index in [9.17, 15) is 9.59 Å². The van der Waals surface area contributed by atoms with Crippen LogP contribution in [0.15, 0.2) is 60.8 Å². The van der Waals surface area contributed by atoms with Gasteiger partial charge in [0.05, 0.1) is 13.0 Å². The third-order valence-corrected chi connectivity index (χ3v) is 4.82. The minimum Gasteiger partial charge on any atom is -0.481 e. The van der Waals surface area contributed by atoms with Crippen molar-refractivity contribution in [3.63, 3.8) is 0 Å². The first kappa shape index (κ1) is 19.6. The molecule has 0 saturated heterocycles. The van der Waals surface area contributed by atoms with Gasteiger partial charge in [0.2, 0.25) is 5.91 Å². The molecule has 3 aromatic rings. The van der Waals surface area contributed by atoms with Gasteiger partial charge < -0.3 is 15.4 Å². The summed E-state index contributed by atoms with van der Waals surface area (Å²) in [5.74, 6) is -0.963. The maximum atomic E-state index is 12.4. The van der Waals surface area contributed by atoms with Crippen LogP contribution in [0.4, 0.5) is 0 Å². The number of fused-ring (bicyclic) bond motifs is 1. The fraction of sp³-hybridized carbons (Fsp3) is 0.273. The molecule has 1 unspecified atom stereocenters. The lowest BCUT2D eigenvalue weighted by Crippen LogP contribution is -2.38. The zero-order valence-corrected chi connectivity index (χ0v) is 15.9. The van der Waals surface area contributed by atoms with Gasteiger partial charge in [0.1, 0.15) is 0 Å². The lowest BCUT2D eigenvalue weighted by molar-refractivity contribution is -0.137. The summed E-state index contributed by atoms with van der Waals surface area (Å²) < 4.78 is 0. The van der Waals surface area contributed by atoms with Crippen molar-refractivity contribution >= 4 is 22.8 Å². The molecule has 0 bridgehead atoms. The van der Waals surface area contributed by atoms with E-state index in [1.165, 1.54) is 0 Å². The fourth-order valence-corrected chi connectivity index (χ4v) is 3.36. The Hall–Kier alpha value is -3.12. The molecule has 0 aliphatic rings. The van der Waals surface area contributed by atoms with Crippen molar-refractivity contribution in [2.45, 2.75) is 12.3 Å². The van der Waals surface area contributed by atoms with Gasteiger partial charge in [0.25, 0.3) is 0 Å². The number of nitrogens with one attached hydrogen (secondary N) is 2. The predicted octanol–water partition coefficient (Wildman–Crippen LogP) is 2.82. The number of carbonyl (C=O) groups excluding carboxylic acids is 1. The lowest BCUT2D eigenvalue weighted by Gasteiger charge is -2.20. The fourth-order valence-electron chi connectivity index (χ4n) is 3.36. The van der Waals surface area contributed by atoms with E-state index in [2.05, 4.69) is 28.5 Å². The second-order valence-electron chi connectivity index (χ2n) is 6.94. The monoisotopic (exact) mass is 379 g/mol. The number of para-hydroxylation sites is 1. The Morgan fingerprint density at radius 2 is 1.82 bits per heavy atom. The summed E-state index contributed by atoms with van der Waals surface area (Å²) in [6.45, 7) is 0.980. The number of carboxylic acid groups (broad SMARTS) is 1. The number of aromatic amines is 1. The number of rotatable bonds is 9. The van der Waals surface area contributed by atoms with Gasteiger partial charge in [-0.1, -0.05) is 48.5 Å². The second kappa shape index (κ2) is 9.19. The van der Waals surface area contributed by atoms with Crippen LogP contribution in [0.25, 0.3) is 10.9 Å². The summed E-state index contributed by atoms with van der Waals surface area (Å²) in [7, 11) is 1.75. The van der Waals surface area contributed by atoms with Crippen LogP contribution in [0.2, 0.25) is 0 Å². The molecule has 0 spiro atoms. The molecule has 3 N–H and O–H groups in total. The van der Waals surface area contributed by atoms with E-state index < -0.39 is 5.97 Å². The summed E-state index contributed by atoms with van der Waals surface area (Å²) in [4.78, 5) is 28.1. The van der Waals surface area contributed by atoms with Crippen LogP contribution >= 0.6 is 0 Å². The molecule has 28 heavy (non-hydrogen) atoms.